The molecule has 1 saturated heterocycles. The number of hydrogen-bond acceptors (Lipinski definition) is 6. The Bertz CT molecular complexity index is 1050. The molecule has 1 aliphatic heterocycles. The van der Waals surface area contributed by atoms with Gasteiger partial charge in [-0.05, 0) is 47.9 Å². The Balaban J connectivity index is 1.39. The van der Waals surface area contributed by atoms with E-state index in [0.29, 0.717) is 18.4 Å². The summed E-state index contributed by atoms with van der Waals surface area (Å²) in [6.07, 6.45) is 1.10. The van der Waals surface area contributed by atoms with Crippen molar-refractivity contribution in [3.05, 3.63) is 57.3 Å². The molecule has 3 atom stereocenters. The van der Waals surface area contributed by atoms with E-state index < -0.39 is 0 Å². The lowest BCUT2D eigenvalue weighted by Crippen LogP contribution is -2.46. The number of rotatable bonds is 6. The van der Waals surface area contributed by atoms with E-state index in [4.69, 9.17) is 21.3 Å². The average Bonchev–Trinajstić information content (AvgIpc) is 3.40. The second-order valence-corrected chi connectivity index (χ2v) is 9.58. The van der Waals surface area contributed by atoms with Crippen molar-refractivity contribution in [2.24, 2.45) is 0 Å². The summed E-state index contributed by atoms with van der Waals surface area (Å²) in [5, 5.41) is 7.59. The highest BCUT2D eigenvalue weighted by molar-refractivity contribution is 7.16. The van der Waals surface area contributed by atoms with Crippen molar-refractivity contribution in [2.75, 3.05) is 39.9 Å². The molecule has 1 aromatic carbocycles. The van der Waals surface area contributed by atoms with Gasteiger partial charge in [-0.25, -0.2) is 9.97 Å². The van der Waals surface area contributed by atoms with Gasteiger partial charge in [0.2, 0.25) is 0 Å². The summed E-state index contributed by atoms with van der Waals surface area (Å²) in [5.41, 5.74) is 3.66. The Morgan fingerprint density at radius 2 is 2.07 bits per heavy atom. The van der Waals surface area contributed by atoms with E-state index in [2.05, 4.69) is 44.8 Å². The fraction of sp³-hybridized carbons (Fsp3) is 0.478. The average molecular weight is 443 g/mol. The van der Waals surface area contributed by atoms with E-state index in [9.17, 15) is 0 Å². The van der Waals surface area contributed by atoms with Crippen LogP contribution in [0, 0.1) is 6.92 Å². The molecule has 2 fully saturated rings. The molecular weight excluding hydrogens is 416 g/mol. The van der Waals surface area contributed by atoms with Crippen molar-refractivity contribution < 1.29 is 4.74 Å². The van der Waals surface area contributed by atoms with Crippen LogP contribution in [0.3, 0.4) is 0 Å². The lowest BCUT2D eigenvalue weighted by atomic mass is 10.00. The molecule has 5 rings (SSSR count). The first-order chi connectivity index (χ1) is 14.7. The van der Waals surface area contributed by atoms with Gasteiger partial charge in [-0.2, -0.15) is 0 Å². The van der Waals surface area contributed by atoms with Crippen molar-refractivity contribution in [1.29, 1.82) is 0 Å². The molecule has 1 saturated carbocycles. The van der Waals surface area contributed by atoms with Crippen LogP contribution in [0.1, 0.15) is 46.9 Å². The molecule has 0 radical (unpaired) electrons. The number of halogens is 1. The summed E-state index contributed by atoms with van der Waals surface area (Å²) in [6, 6.07) is 9.02. The van der Waals surface area contributed by atoms with E-state index in [-0.39, 0.29) is 6.04 Å². The number of piperazine rings is 1. The number of fused-ring (bicyclic) bond motifs is 1. The molecule has 1 N–H and O–H groups in total. The summed E-state index contributed by atoms with van der Waals surface area (Å²) >= 11 is 8.51. The van der Waals surface area contributed by atoms with Gasteiger partial charge in [0.1, 0.15) is 10.7 Å². The van der Waals surface area contributed by atoms with E-state index in [1.165, 1.54) is 22.2 Å². The third kappa shape index (κ3) is 3.87. The van der Waals surface area contributed by atoms with Gasteiger partial charge in [-0.1, -0.05) is 23.7 Å². The number of benzene rings is 1. The third-order valence-corrected chi connectivity index (χ3v) is 7.47. The smallest absolute Gasteiger partial charge is 0.127 e. The van der Waals surface area contributed by atoms with Crippen LogP contribution in [0.15, 0.2) is 29.6 Å². The SMILES string of the molecule is COC[C@H](c1ccc([C@@H]2C[C@H]2c2nc(C)nc3sccc23)c(Cl)c1)N1CCNCC1. The van der Waals surface area contributed by atoms with Crippen LogP contribution >= 0.6 is 22.9 Å². The minimum atomic E-state index is 0.244. The van der Waals surface area contributed by atoms with Crippen LogP contribution in [0.2, 0.25) is 5.02 Å². The normalized spacial score (nSPS) is 23.0. The second-order valence-electron chi connectivity index (χ2n) is 8.28. The Hall–Kier alpha value is -1.57. The first kappa shape index (κ1) is 20.3. The summed E-state index contributed by atoms with van der Waals surface area (Å²) in [7, 11) is 1.77. The lowest BCUT2D eigenvalue weighted by molar-refractivity contribution is 0.0813. The second kappa shape index (κ2) is 8.52. The van der Waals surface area contributed by atoms with Crippen LogP contribution in [0.5, 0.6) is 0 Å². The predicted octanol–water partition coefficient (Wildman–Crippen LogP) is 4.52. The van der Waals surface area contributed by atoms with Gasteiger partial charge >= 0.3 is 0 Å². The number of methoxy groups -OCH3 is 1. The Morgan fingerprint density at radius 3 is 2.83 bits per heavy atom. The number of ether oxygens (including phenoxy) is 1. The van der Waals surface area contributed by atoms with Gasteiger partial charge in [0.25, 0.3) is 0 Å². The molecular formula is C23H27ClN4OS. The fourth-order valence-electron chi connectivity index (χ4n) is 4.73. The van der Waals surface area contributed by atoms with Crippen LogP contribution in [-0.2, 0) is 4.74 Å². The summed E-state index contributed by atoms with van der Waals surface area (Å²) in [4.78, 5) is 12.9. The maximum Gasteiger partial charge on any atom is 0.127 e. The number of hydrogen-bond donors (Lipinski definition) is 1. The largest absolute Gasteiger partial charge is 0.383 e. The lowest BCUT2D eigenvalue weighted by Gasteiger charge is -2.35. The van der Waals surface area contributed by atoms with Crippen molar-refractivity contribution in [1.82, 2.24) is 20.2 Å². The monoisotopic (exact) mass is 442 g/mol. The number of aryl methyl sites for hydroxylation is 1. The molecule has 2 aliphatic rings. The van der Waals surface area contributed by atoms with Crippen molar-refractivity contribution in [2.45, 2.75) is 31.2 Å². The highest BCUT2D eigenvalue weighted by atomic mass is 35.5. The number of thiophene rings is 1. The zero-order chi connectivity index (χ0) is 20.7. The Labute approximate surface area is 186 Å². The predicted molar refractivity (Wildman–Crippen MR) is 123 cm³/mol. The molecule has 30 heavy (non-hydrogen) atoms. The van der Waals surface area contributed by atoms with Crippen LogP contribution in [-0.4, -0.2) is 54.8 Å². The standard InChI is InChI=1S/C23H27ClN4OS/c1-14-26-22(17-5-10-30-23(17)27-14)19-12-18(19)16-4-3-15(11-20(16)24)21(13-29-2)28-8-6-25-7-9-28/h3-5,10-11,18-19,21,25H,6-9,12-13H2,1-2H3/t18-,19+,21+/m0/s1. The fourth-order valence-corrected chi connectivity index (χ4v) is 5.87. The Kier molecular flexibility index (Phi) is 5.77. The van der Waals surface area contributed by atoms with Gasteiger partial charge in [0, 0.05) is 49.6 Å². The molecule has 0 bridgehead atoms. The zero-order valence-corrected chi connectivity index (χ0v) is 19.0. The highest BCUT2D eigenvalue weighted by Crippen LogP contribution is 2.57. The Morgan fingerprint density at radius 1 is 1.23 bits per heavy atom. The molecule has 0 spiro atoms. The summed E-state index contributed by atoms with van der Waals surface area (Å²) in [6.45, 7) is 6.76. The number of aromatic nitrogens is 2. The zero-order valence-electron chi connectivity index (χ0n) is 17.4. The van der Waals surface area contributed by atoms with Crippen LogP contribution in [0.4, 0.5) is 0 Å². The third-order valence-electron chi connectivity index (χ3n) is 6.33. The van der Waals surface area contributed by atoms with E-state index in [1.54, 1.807) is 18.4 Å². The number of nitrogens with zero attached hydrogens (tertiary/aromatic N) is 3. The van der Waals surface area contributed by atoms with Crippen molar-refractivity contribution >= 4 is 33.2 Å². The molecule has 7 heteroatoms. The quantitative estimate of drug-likeness (QED) is 0.608. The van der Waals surface area contributed by atoms with Crippen LogP contribution in [0.25, 0.3) is 10.2 Å². The number of nitrogens with one attached hydrogen (secondary N) is 1. The topological polar surface area (TPSA) is 50.3 Å². The first-order valence-electron chi connectivity index (χ1n) is 10.6. The molecule has 158 valence electrons. The molecule has 5 nitrogen and oxygen atoms in total. The molecule has 3 heterocycles. The highest BCUT2D eigenvalue weighted by Gasteiger charge is 2.43. The van der Waals surface area contributed by atoms with Crippen LogP contribution < -0.4 is 5.32 Å². The van der Waals surface area contributed by atoms with E-state index >= 15 is 0 Å². The summed E-state index contributed by atoms with van der Waals surface area (Å²) < 4.78 is 5.54. The minimum Gasteiger partial charge on any atom is -0.383 e. The van der Waals surface area contributed by atoms with Gasteiger partial charge in [0.15, 0.2) is 0 Å². The van der Waals surface area contributed by atoms with Crippen molar-refractivity contribution in [3.8, 4) is 0 Å². The van der Waals surface area contributed by atoms with Gasteiger partial charge < -0.3 is 10.1 Å². The van der Waals surface area contributed by atoms with Gasteiger partial charge in [0.05, 0.1) is 18.3 Å². The maximum absolute atomic E-state index is 6.83. The van der Waals surface area contributed by atoms with Gasteiger partial charge in [-0.15, -0.1) is 11.3 Å². The molecule has 2 aromatic heterocycles. The van der Waals surface area contributed by atoms with Gasteiger partial charge in [-0.3, -0.25) is 4.90 Å². The van der Waals surface area contributed by atoms with Crippen molar-refractivity contribution in [3.63, 3.8) is 0 Å². The van der Waals surface area contributed by atoms with E-state index in [1.807, 2.05) is 6.92 Å². The molecule has 0 unspecified atom stereocenters. The summed E-state index contributed by atoms with van der Waals surface area (Å²) in [5.74, 6) is 1.71. The maximum atomic E-state index is 6.83. The van der Waals surface area contributed by atoms with E-state index in [0.717, 1.165) is 48.3 Å². The molecule has 1 aliphatic carbocycles. The minimum absolute atomic E-state index is 0.244. The molecule has 3 aromatic rings. The first-order valence-corrected chi connectivity index (χ1v) is 11.9. The molecule has 0 amide bonds.